The van der Waals surface area contributed by atoms with Gasteiger partial charge in [-0.25, -0.2) is 9.78 Å². The quantitative estimate of drug-likeness (QED) is 0.747. The topological polar surface area (TPSA) is 59.5 Å². The first-order valence-electron chi connectivity index (χ1n) is 5.51. The van der Waals surface area contributed by atoms with E-state index in [0.29, 0.717) is 18.7 Å². The van der Waals surface area contributed by atoms with Gasteiger partial charge in [0.2, 0.25) is 0 Å². The van der Waals surface area contributed by atoms with Gasteiger partial charge in [0.25, 0.3) is 5.91 Å². The second-order valence-electron chi connectivity index (χ2n) is 3.91. The second kappa shape index (κ2) is 5.27. The van der Waals surface area contributed by atoms with E-state index in [-0.39, 0.29) is 11.9 Å². The molecule has 1 fully saturated rings. The van der Waals surface area contributed by atoms with Crippen molar-refractivity contribution in [2.45, 2.75) is 25.3 Å². The van der Waals surface area contributed by atoms with Crippen molar-refractivity contribution in [1.82, 2.24) is 9.88 Å². The molecule has 5 nitrogen and oxygen atoms in total. The van der Waals surface area contributed by atoms with Gasteiger partial charge in [0.15, 0.2) is 0 Å². The molecule has 17 heavy (non-hydrogen) atoms. The van der Waals surface area contributed by atoms with Crippen molar-refractivity contribution >= 4 is 23.2 Å². The number of piperidine rings is 1. The summed E-state index contributed by atoms with van der Waals surface area (Å²) in [6.07, 6.45) is 2.53. The summed E-state index contributed by atoms with van der Waals surface area (Å²) < 4.78 is 4.74. The molecule has 92 valence electrons. The highest BCUT2D eigenvalue weighted by atomic mass is 32.1. The Bertz CT molecular complexity index is 405. The molecule has 1 aliphatic heterocycles. The highest BCUT2D eigenvalue weighted by Gasteiger charge is 2.33. The number of rotatable bonds is 2. The number of amides is 1. The number of carbonyl (C=O) groups excluding carboxylic acids is 2. The minimum atomic E-state index is -0.456. The molecule has 2 heterocycles. The number of hydrogen-bond donors (Lipinski definition) is 0. The van der Waals surface area contributed by atoms with Gasteiger partial charge >= 0.3 is 5.97 Å². The number of thiazole rings is 1. The Morgan fingerprint density at radius 2 is 2.35 bits per heavy atom. The molecule has 6 heteroatoms. The van der Waals surface area contributed by atoms with Crippen LogP contribution in [-0.4, -0.2) is 41.5 Å². The van der Waals surface area contributed by atoms with E-state index in [1.54, 1.807) is 15.8 Å². The fraction of sp³-hybridized carbons (Fsp3) is 0.545. The van der Waals surface area contributed by atoms with Crippen LogP contribution in [0.25, 0.3) is 0 Å². The maximum absolute atomic E-state index is 12.2. The molecule has 0 saturated carbocycles. The molecule has 1 atom stereocenters. The third-order valence-corrected chi connectivity index (χ3v) is 3.47. The van der Waals surface area contributed by atoms with Gasteiger partial charge in [0, 0.05) is 11.9 Å². The van der Waals surface area contributed by atoms with Crippen LogP contribution in [-0.2, 0) is 9.53 Å². The van der Waals surface area contributed by atoms with Crippen molar-refractivity contribution < 1.29 is 14.3 Å². The Hall–Kier alpha value is -1.43. The fourth-order valence-corrected chi connectivity index (χ4v) is 2.55. The molecule has 0 radical (unpaired) electrons. The zero-order valence-corrected chi connectivity index (χ0v) is 10.4. The van der Waals surface area contributed by atoms with Gasteiger partial charge in [-0.3, -0.25) is 4.79 Å². The third kappa shape index (κ3) is 2.46. The maximum atomic E-state index is 12.2. The normalized spacial score (nSPS) is 20.1. The highest BCUT2D eigenvalue weighted by molar-refractivity contribution is 7.07. The molecule has 1 aromatic rings. The van der Waals surface area contributed by atoms with Crippen LogP contribution in [0.2, 0.25) is 0 Å². The Balaban J connectivity index is 2.16. The van der Waals surface area contributed by atoms with Crippen LogP contribution in [0.4, 0.5) is 0 Å². The molecular formula is C11H14N2O3S. The molecule has 0 N–H and O–H groups in total. The number of hydrogen-bond acceptors (Lipinski definition) is 5. The number of likely N-dealkylation sites (tertiary alicyclic amines) is 1. The minimum absolute atomic E-state index is 0.179. The average molecular weight is 254 g/mol. The SMILES string of the molecule is COC(=O)[C@H]1CCCCN1C(=O)c1cscn1. The first kappa shape index (κ1) is 12.0. The van der Waals surface area contributed by atoms with E-state index in [0.717, 1.165) is 12.8 Å². The number of methoxy groups -OCH3 is 1. The standard InChI is InChI=1S/C11H14N2O3S/c1-16-11(15)9-4-2-3-5-13(9)10(14)8-6-17-7-12-8/h6-7,9H,2-5H2,1H3/t9-/m1/s1. The van der Waals surface area contributed by atoms with Crippen LogP contribution in [0.1, 0.15) is 29.8 Å². The summed E-state index contributed by atoms with van der Waals surface area (Å²) in [5.41, 5.74) is 2.02. The van der Waals surface area contributed by atoms with Crippen LogP contribution in [0, 0.1) is 0 Å². The van der Waals surface area contributed by atoms with E-state index in [2.05, 4.69) is 4.98 Å². The summed E-state index contributed by atoms with van der Waals surface area (Å²) in [6.45, 7) is 0.593. The lowest BCUT2D eigenvalue weighted by molar-refractivity contribution is -0.147. The van der Waals surface area contributed by atoms with Gasteiger partial charge in [0.1, 0.15) is 11.7 Å². The Morgan fingerprint density at radius 3 is 3.00 bits per heavy atom. The van der Waals surface area contributed by atoms with Gasteiger partial charge in [-0.15, -0.1) is 11.3 Å². The smallest absolute Gasteiger partial charge is 0.328 e. The molecule has 0 spiro atoms. The van der Waals surface area contributed by atoms with Gasteiger partial charge in [-0.1, -0.05) is 0 Å². The predicted molar refractivity (Wildman–Crippen MR) is 62.8 cm³/mol. The van der Waals surface area contributed by atoms with Crippen LogP contribution in [0.3, 0.4) is 0 Å². The third-order valence-electron chi connectivity index (χ3n) is 2.89. The second-order valence-corrected chi connectivity index (χ2v) is 4.63. The van der Waals surface area contributed by atoms with E-state index >= 15 is 0 Å². The Labute approximate surface area is 103 Å². The monoisotopic (exact) mass is 254 g/mol. The summed E-state index contributed by atoms with van der Waals surface area (Å²) in [7, 11) is 1.35. The van der Waals surface area contributed by atoms with Gasteiger partial charge < -0.3 is 9.64 Å². The first-order valence-corrected chi connectivity index (χ1v) is 6.45. The molecule has 1 amide bonds. The minimum Gasteiger partial charge on any atom is -0.467 e. The summed E-state index contributed by atoms with van der Waals surface area (Å²) in [5.74, 6) is -0.519. The van der Waals surface area contributed by atoms with Crippen LogP contribution < -0.4 is 0 Å². The zero-order valence-electron chi connectivity index (χ0n) is 9.59. The number of nitrogens with zero attached hydrogens (tertiary/aromatic N) is 2. The van der Waals surface area contributed by atoms with Crippen LogP contribution in [0.5, 0.6) is 0 Å². The lowest BCUT2D eigenvalue weighted by Gasteiger charge is -2.33. The molecule has 1 aromatic heterocycles. The number of ether oxygens (including phenoxy) is 1. The summed E-state index contributed by atoms with van der Waals surface area (Å²) in [5, 5.41) is 1.70. The average Bonchev–Trinajstić information content (AvgIpc) is 2.91. The predicted octanol–water partition coefficient (Wildman–Crippen LogP) is 1.31. The van der Waals surface area contributed by atoms with E-state index in [9.17, 15) is 9.59 Å². The molecule has 0 bridgehead atoms. The van der Waals surface area contributed by atoms with Crippen molar-refractivity contribution in [2.75, 3.05) is 13.7 Å². The molecule has 0 aromatic carbocycles. The van der Waals surface area contributed by atoms with Gasteiger partial charge in [0.05, 0.1) is 12.6 Å². The summed E-state index contributed by atoms with van der Waals surface area (Å²) in [6, 6.07) is -0.456. The van der Waals surface area contributed by atoms with Crippen molar-refractivity contribution in [3.63, 3.8) is 0 Å². The summed E-state index contributed by atoms with van der Waals surface area (Å²) in [4.78, 5) is 29.3. The number of aromatic nitrogens is 1. The van der Waals surface area contributed by atoms with Crippen molar-refractivity contribution in [2.24, 2.45) is 0 Å². The van der Waals surface area contributed by atoms with E-state index < -0.39 is 6.04 Å². The van der Waals surface area contributed by atoms with E-state index in [4.69, 9.17) is 4.74 Å². The molecule has 1 saturated heterocycles. The highest BCUT2D eigenvalue weighted by Crippen LogP contribution is 2.20. The van der Waals surface area contributed by atoms with Gasteiger partial charge in [-0.05, 0) is 19.3 Å². The van der Waals surface area contributed by atoms with Crippen LogP contribution in [0.15, 0.2) is 10.9 Å². The Kier molecular flexibility index (Phi) is 3.73. The molecule has 0 unspecified atom stereocenters. The lowest BCUT2D eigenvalue weighted by atomic mass is 10.0. The molecular weight excluding hydrogens is 240 g/mol. The first-order chi connectivity index (χ1) is 8.24. The van der Waals surface area contributed by atoms with Gasteiger partial charge in [-0.2, -0.15) is 0 Å². The lowest BCUT2D eigenvalue weighted by Crippen LogP contribution is -2.48. The van der Waals surface area contributed by atoms with E-state index in [1.807, 2.05) is 0 Å². The van der Waals surface area contributed by atoms with Crippen LogP contribution >= 0.6 is 11.3 Å². The van der Waals surface area contributed by atoms with E-state index in [1.165, 1.54) is 18.4 Å². The maximum Gasteiger partial charge on any atom is 0.328 e. The number of esters is 1. The largest absolute Gasteiger partial charge is 0.467 e. The molecule has 0 aliphatic carbocycles. The van der Waals surface area contributed by atoms with Crippen molar-refractivity contribution in [3.8, 4) is 0 Å². The number of carbonyl (C=O) groups is 2. The molecule has 1 aliphatic rings. The fourth-order valence-electron chi connectivity index (χ4n) is 2.02. The molecule has 2 rings (SSSR count). The van der Waals surface area contributed by atoms with Crippen molar-refractivity contribution in [3.05, 3.63) is 16.6 Å². The summed E-state index contributed by atoms with van der Waals surface area (Å²) >= 11 is 1.37. The Morgan fingerprint density at radius 1 is 1.53 bits per heavy atom. The van der Waals surface area contributed by atoms with Crippen molar-refractivity contribution in [1.29, 1.82) is 0 Å². The zero-order chi connectivity index (χ0) is 12.3.